The van der Waals surface area contributed by atoms with Crippen LogP contribution in [0.5, 0.6) is 0 Å². The lowest BCUT2D eigenvalue weighted by Gasteiger charge is -2.13. The Morgan fingerprint density at radius 1 is 1.60 bits per heavy atom. The first kappa shape index (κ1) is 15.6. The summed E-state index contributed by atoms with van der Waals surface area (Å²) in [6.07, 6.45) is 3.99. The number of nitrogens with zero attached hydrogens (tertiary/aromatic N) is 3. The lowest BCUT2D eigenvalue weighted by Crippen LogP contribution is -2.42. The summed E-state index contributed by atoms with van der Waals surface area (Å²) in [5.74, 6) is -1.65. The van der Waals surface area contributed by atoms with Gasteiger partial charge >= 0.3 is 11.7 Å². The Kier molecular flexibility index (Phi) is 5.63. The fourth-order valence-electron chi connectivity index (χ4n) is 1.59. The second kappa shape index (κ2) is 7.22. The molecule has 1 heterocycles. The van der Waals surface area contributed by atoms with Crippen molar-refractivity contribution in [2.75, 3.05) is 0 Å². The third-order valence-electron chi connectivity index (χ3n) is 2.62. The summed E-state index contributed by atoms with van der Waals surface area (Å²) >= 11 is 0. The molecule has 1 amide bonds. The Hall–Kier alpha value is -2.45. The average molecular weight is 284 g/mol. The van der Waals surface area contributed by atoms with E-state index in [2.05, 4.69) is 10.4 Å². The first-order chi connectivity index (χ1) is 9.43. The number of nitro groups is 1. The van der Waals surface area contributed by atoms with E-state index in [1.807, 2.05) is 6.92 Å². The molecule has 20 heavy (non-hydrogen) atoms. The molecule has 0 saturated heterocycles. The number of hydrogen-bond donors (Lipinski definition) is 2. The van der Waals surface area contributed by atoms with E-state index in [-0.39, 0.29) is 12.2 Å². The van der Waals surface area contributed by atoms with E-state index in [1.165, 1.54) is 0 Å². The van der Waals surface area contributed by atoms with Gasteiger partial charge in [-0.2, -0.15) is 5.10 Å². The highest BCUT2D eigenvalue weighted by Crippen LogP contribution is 2.07. The van der Waals surface area contributed by atoms with E-state index in [1.54, 1.807) is 0 Å². The second-order valence-corrected chi connectivity index (χ2v) is 4.25. The molecule has 1 aromatic rings. The molecule has 0 bridgehead atoms. The SMILES string of the molecule is CCCC[C@H](NC(=O)Cn1cc([N+](=O)[O-])cn1)C(=O)O. The molecule has 0 aliphatic rings. The largest absolute Gasteiger partial charge is 0.480 e. The molecule has 0 aliphatic heterocycles. The first-order valence-corrected chi connectivity index (χ1v) is 6.13. The molecular formula is C11H16N4O5. The molecule has 0 unspecified atom stereocenters. The van der Waals surface area contributed by atoms with Gasteiger partial charge in [-0.15, -0.1) is 0 Å². The minimum absolute atomic E-state index is 0.224. The first-order valence-electron chi connectivity index (χ1n) is 6.13. The lowest BCUT2D eigenvalue weighted by atomic mass is 10.1. The van der Waals surface area contributed by atoms with Crippen molar-refractivity contribution in [2.45, 2.75) is 38.8 Å². The minimum Gasteiger partial charge on any atom is -0.480 e. The molecule has 0 spiro atoms. The van der Waals surface area contributed by atoms with Gasteiger partial charge in [0.15, 0.2) is 0 Å². The fourth-order valence-corrected chi connectivity index (χ4v) is 1.59. The van der Waals surface area contributed by atoms with Gasteiger partial charge in [0.05, 0.1) is 4.92 Å². The van der Waals surface area contributed by atoms with Crippen LogP contribution in [0.3, 0.4) is 0 Å². The van der Waals surface area contributed by atoms with Gasteiger partial charge in [0.2, 0.25) is 5.91 Å². The smallest absolute Gasteiger partial charge is 0.326 e. The van der Waals surface area contributed by atoms with Crippen LogP contribution in [-0.4, -0.2) is 37.7 Å². The van der Waals surface area contributed by atoms with Crippen LogP contribution in [0.25, 0.3) is 0 Å². The number of carbonyl (C=O) groups excluding carboxylic acids is 1. The van der Waals surface area contributed by atoms with Crippen LogP contribution in [0, 0.1) is 10.1 Å². The minimum atomic E-state index is -1.10. The summed E-state index contributed by atoms with van der Waals surface area (Å²) in [4.78, 5) is 32.5. The van der Waals surface area contributed by atoms with Gasteiger partial charge in [-0.25, -0.2) is 4.79 Å². The molecular weight excluding hydrogens is 268 g/mol. The van der Waals surface area contributed by atoms with Gasteiger partial charge in [0.25, 0.3) is 0 Å². The summed E-state index contributed by atoms with van der Waals surface area (Å²) in [5, 5.41) is 25.5. The zero-order valence-electron chi connectivity index (χ0n) is 11.0. The van der Waals surface area contributed by atoms with E-state index >= 15 is 0 Å². The van der Waals surface area contributed by atoms with Crippen LogP contribution < -0.4 is 5.32 Å². The Morgan fingerprint density at radius 2 is 2.30 bits per heavy atom. The van der Waals surface area contributed by atoms with Crippen LogP contribution >= 0.6 is 0 Å². The highest BCUT2D eigenvalue weighted by molar-refractivity contribution is 5.83. The van der Waals surface area contributed by atoms with Crippen LogP contribution in [0.4, 0.5) is 5.69 Å². The van der Waals surface area contributed by atoms with Crippen molar-refractivity contribution < 1.29 is 19.6 Å². The summed E-state index contributed by atoms with van der Waals surface area (Å²) < 4.78 is 1.09. The maximum Gasteiger partial charge on any atom is 0.326 e. The molecule has 0 fully saturated rings. The monoisotopic (exact) mass is 284 g/mol. The van der Waals surface area contributed by atoms with Crippen LogP contribution in [0.1, 0.15) is 26.2 Å². The van der Waals surface area contributed by atoms with Gasteiger partial charge in [0, 0.05) is 0 Å². The quantitative estimate of drug-likeness (QED) is 0.530. The summed E-state index contributed by atoms with van der Waals surface area (Å²) in [5.41, 5.74) is -0.224. The number of aliphatic carboxylic acids is 1. The Balaban J connectivity index is 2.56. The van der Waals surface area contributed by atoms with E-state index in [0.717, 1.165) is 23.5 Å². The standard InChI is InChI=1S/C11H16N4O5/c1-2-3-4-9(11(17)18)13-10(16)7-14-6-8(5-12-14)15(19)20/h5-6,9H,2-4,7H2,1H3,(H,13,16)(H,17,18)/t9-/m0/s1. The van der Waals surface area contributed by atoms with Crippen molar-refractivity contribution >= 4 is 17.6 Å². The summed E-state index contributed by atoms with van der Waals surface area (Å²) in [6, 6.07) is -0.951. The highest BCUT2D eigenvalue weighted by atomic mass is 16.6. The van der Waals surface area contributed by atoms with Crippen molar-refractivity contribution in [1.29, 1.82) is 0 Å². The number of carboxylic acids is 1. The number of nitrogens with one attached hydrogen (secondary N) is 1. The zero-order chi connectivity index (χ0) is 15.1. The molecule has 1 aromatic heterocycles. The zero-order valence-corrected chi connectivity index (χ0v) is 11.0. The van der Waals surface area contributed by atoms with Crippen LogP contribution in [0.15, 0.2) is 12.4 Å². The van der Waals surface area contributed by atoms with Crippen LogP contribution in [-0.2, 0) is 16.1 Å². The van der Waals surface area contributed by atoms with Crippen molar-refractivity contribution in [3.8, 4) is 0 Å². The molecule has 9 nitrogen and oxygen atoms in total. The van der Waals surface area contributed by atoms with Crippen molar-refractivity contribution in [1.82, 2.24) is 15.1 Å². The van der Waals surface area contributed by atoms with Gasteiger partial charge in [-0.3, -0.25) is 19.6 Å². The number of carbonyl (C=O) groups is 2. The number of aromatic nitrogens is 2. The molecule has 0 radical (unpaired) electrons. The average Bonchev–Trinajstić information content (AvgIpc) is 2.82. The van der Waals surface area contributed by atoms with E-state index < -0.39 is 22.8 Å². The predicted molar refractivity (Wildman–Crippen MR) is 68.0 cm³/mol. The highest BCUT2D eigenvalue weighted by Gasteiger charge is 2.20. The second-order valence-electron chi connectivity index (χ2n) is 4.25. The van der Waals surface area contributed by atoms with Crippen LogP contribution in [0.2, 0.25) is 0 Å². The van der Waals surface area contributed by atoms with Gasteiger partial charge < -0.3 is 10.4 Å². The van der Waals surface area contributed by atoms with Crippen molar-refractivity contribution in [3.05, 3.63) is 22.5 Å². The fraction of sp³-hybridized carbons (Fsp3) is 0.545. The van der Waals surface area contributed by atoms with Crippen molar-refractivity contribution in [3.63, 3.8) is 0 Å². The van der Waals surface area contributed by atoms with Gasteiger partial charge in [-0.05, 0) is 6.42 Å². The molecule has 1 atom stereocenters. The third kappa shape index (κ3) is 4.67. The third-order valence-corrected chi connectivity index (χ3v) is 2.62. The maximum atomic E-state index is 11.7. The Morgan fingerprint density at radius 3 is 2.80 bits per heavy atom. The number of carboxylic acid groups (broad SMARTS) is 1. The van der Waals surface area contributed by atoms with Crippen molar-refractivity contribution in [2.24, 2.45) is 0 Å². The number of rotatable bonds is 8. The van der Waals surface area contributed by atoms with E-state index in [9.17, 15) is 19.7 Å². The molecule has 0 saturated carbocycles. The molecule has 1 rings (SSSR count). The number of amides is 1. The summed E-state index contributed by atoms with van der Waals surface area (Å²) in [6.45, 7) is 1.66. The molecule has 0 aromatic carbocycles. The topological polar surface area (TPSA) is 127 Å². The molecule has 9 heteroatoms. The Bertz CT molecular complexity index is 499. The molecule has 0 aliphatic carbocycles. The maximum absolute atomic E-state index is 11.7. The Labute approximate surface area is 114 Å². The van der Waals surface area contributed by atoms with Gasteiger partial charge in [-0.1, -0.05) is 19.8 Å². The van der Waals surface area contributed by atoms with E-state index in [4.69, 9.17) is 5.11 Å². The predicted octanol–water partition coefficient (Wildman–Crippen LogP) is 0.551. The molecule has 2 N–H and O–H groups in total. The molecule has 110 valence electrons. The number of hydrogen-bond acceptors (Lipinski definition) is 5. The normalized spacial score (nSPS) is 11.8. The van der Waals surface area contributed by atoms with E-state index in [0.29, 0.717) is 12.8 Å². The summed E-state index contributed by atoms with van der Waals surface area (Å²) in [7, 11) is 0. The van der Waals surface area contributed by atoms with Gasteiger partial charge in [0.1, 0.15) is 25.0 Å². The lowest BCUT2D eigenvalue weighted by molar-refractivity contribution is -0.385. The number of unbranched alkanes of at least 4 members (excludes halogenated alkanes) is 1.